The van der Waals surface area contributed by atoms with Crippen LogP contribution in [0.25, 0.3) is 11.0 Å². The summed E-state index contributed by atoms with van der Waals surface area (Å²) in [7, 11) is 0. The molecule has 0 bridgehead atoms. The summed E-state index contributed by atoms with van der Waals surface area (Å²) in [6.45, 7) is 3.98. The Hall–Kier alpha value is -2.92. The van der Waals surface area contributed by atoms with Crippen molar-refractivity contribution in [1.29, 1.82) is 0 Å². The number of hydrogen-bond acceptors (Lipinski definition) is 2. The van der Waals surface area contributed by atoms with Crippen molar-refractivity contribution in [2.75, 3.05) is 0 Å². The lowest BCUT2D eigenvalue weighted by molar-refractivity contribution is -0.120. The number of carbonyl (C=O) groups excluding carboxylic acids is 1. The fourth-order valence-corrected chi connectivity index (χ4v) is 4.27. The largest absolute Gasteiger partial charge is 0.345 e. The fourth-order valence-electron chi connectivity index (χ4n) is 3.54. The van der Waals surface area contributed by atoms with E-state index in [1.54, 1.807) is 0 Å². The van der Waals surface area contributed by atoms with Crippen molar-refractivity contribution in [3.05, 3.63) is 99.3 Å². The van der Waals surface area contributed by atoms with Gasteiger partial charge in [-0.15, -0.1) is 0 Å². The van der Waals surface area contributed by atoms with Crippen molar-refractivity contribution in [3.63, 3.8) is 0 Å². The summed E-state index contributed by atoms with van der Waals surface area (Å²) >= 11 is 3.67. The molecule has 4 nitrogen and oxygen atoms in total. The highest BCUT2D eigenvalue weighted by atomic mass is 79.9. The van der Waals surface area contributed by atoms with Crippen molar-refractivity contribution in [1.82, 2.24) is 15.3 Å². The van der Waals surface area contributed by atoms with Gasteiger partial charge in [0.15, 0.2) is 0 Å². The molecular formula is C24H22BrN3O. The number of halogens is 1. The molecule has 1 unspecified atom stereocenters. The maximum absolute atomic E-state index is 12.9. The van der Waals surface area contributed by atoms with Gasteiger partial charge in [-0.25, -0.2) is 4.98 Å². The third-order valence-electron chi connectivity index (χ3n) is 4.93. The van der Waals surface area contributed by atoms with Crippen molar-refractivity contribution >= 4 is 32.9 Å². The van der Waals surface area contributed by atoms with Gasteiger partial charge in [0.05, 0.1) is 23.5 Å². The van der Waals surface area contributed by atoms with E-state index in [0.29, 0.717) is 6.42 Å². The van der Waals surface area contributed by atoms with Crippen molar-refractivity contribution in [3.8, 4) is 0 Å². The molecule has 1 heterocycles. The van der Waals surface area contributed by atoms with Gasteiger partial charge in [0.2, 0.25) is 5.91 Å². The normalized spacial score (nSPS) is 12.1. The highest BCUT2D eigenvalue weighted by Crippen LogP contribution is 2.29. The second-order valence-electron chi connectivity index (χ2n) is 7.29. The zero-order chi connectivity index (χ0) is 20.4. The SMILES string of the molecule is Cc1ccc(C(NC(=O)Cc2ccc3nc(C)[nH]c3c2)c2ccccc2)c(Br)c1. The molecular weight excluding hydrogens is 426 g/mol. The number of hydrogen-bond donors (Lipinski definition) is 2. The van der Waals surface area contributed by atoms with Gasteiger partial charge in [0.25, 0.3) is 0 Å². The molecule has 146 valence electrons. The first-order valence-corrected chi connectivity index (χ1v) is 10.3. The Kier molecular flexibility index (Phi) is 5.49. The molecule has 3 aromatic carbocycles. The number of nitrogens with zero attached hydrogens (tertiary/aromatic N) is 1. The quantitative estimate of drug-likeness (QED) is 0.430. The van der Waals surface area contributed by atoms with Crippen LogP contribution in [-0.2, 0) is 11.2 Å². The maximum Gasteiger partial charge on any atom is 0.225 e. The van der Waals surface area contributed by atoms with Crippen LogP contribution in [-0.4, -0.2) is 15.9 Å². The first-order valence-electron chi connectivity index (χ1n) is 9.55. The summed E-state index contributed by atoms with van der Waals surface area (Å²) in [6, 6.07) is 21.9. The van der Waals surface area contributed by atoms with Gasteiger partial charge in [0.1, 0.15) is 5.82 Å². The summed E-state index contributed by atoms with van der Waals surface area (Å²) in [5.74, 6) is 0.844. The van der Waals surface area contributed by atoms with Gasteiger partial charge < -0.3 is 10.3 Å². The van der Waals surface area contributed by atoms with Crippen molar-refractivity contribution < 1.29 is 4.79 Å². The highest BCUT2D eigenvalue weighted by Gasteiger charge is 2.19. The molecule has 2 N–H and O–H groups in total. The topological polar surface area (TPSA) is 57.8 Å². The summed E-state index contributed by atoms with van der Waals surface area (Å²) in [5, 5.41) is 3.22. The number of fused-ring (bicyclic) bond motifs is 1. The summed E-state index contributed by atoms with van der Waals surface area (Å²) in [6.07, 6.45) is 0.306. The van der Waals surface area contributed by atoms with Crippen LogP contribution in [0.15, 0.2) is 71.2 Å². The van der Waals surface area contributed by atoms with Gasteiger partial charge in [-0.05, 0) is 54.3 Å². The van der Waals surface area contributed by atoms with E-state index in [0.717, 1.165) is 38.0 Å². The molecule has 0 aliphatic heterocycles. The molecule has 0 spiro atoms. The predicted octanol–water partition coefficient (Wildman–Crippen LogP) is 5.39. The molecule has 0 radical (unpaired) electrons. The summed E-state index contributed by atoms with van der Waals surface area (Å²) in [4.78, 5) is 20.6. The first-order chi connectivity index (χ1) is 14.0. The van der Waals surface area contributed by atoms with Crippen LogP contribution in [0.3, 0.4) is 0 Å². The van der Waals surface area contributed by atoms with E-state index in [-0.39, 0.29) is 11.9 Å². The van der Waals surface area contributed by atoms with E-state index in [1.807, 2.05) is 55.5 Å². The van der Waals surface area contributed by atoms with E-state index in [2.05, 4.69) is 56.3 Å². The highest BCUT2D eigenvalue weighted by molar-refractivity contribution is 9.10. The number of benzene rings is 3. The molecule has 4 rings (SSSR count). The molecule has 5 heteroatoms. The van der Waals surface area contributed by atoms with E-state index in [1.165, 1.54) is 5.56 Å². The molecule has 0 saturated heterocycles. The average molecular weight is 448 g/mol. The summed E-state index contributed by atoms with van der Waals surface area (Å²) in [5.41, 5.74) is 6.07. The minimum atomic E-state index is -0.225. The van der Waals surface area contributed by atoms with Crippen LogP contribution in [0.5, 0.6) is 0 Å². The minimum absolute atomic E-state index is 0.0260. The van der Waals surface area contributed by atoms with Gasteiger partial charge in [0, 0.05) is 4.47 Å². The average Bonchev–Trinajstić information content (AvgIpc) is 3.06. The Morgan fingerprint density at radius 2 is 1.86 bits per heavy atom. The van der Waals surface area contributed by atoms with Crippen molar-refractivity contribution in [2.45, 2.75) is 26.3 Å². The fraction of sp³-hybridized carbons (Fsp3) is 0.167. The molecule has 4 aromatic rings. The Bertz CT molecular complexity index is 1170. The van der Waals surface area contributed by atoms with Gasteiger partial charge in [-0.3, -0.25) is 4.79 Å². The number of amides is 1. The van der Waals surface area contributed by atoms with Crippen molar-refractivity contribution in [2.24, 2.45) is 0 Å². The number of nitrogens with one attached hydrogen (secondary N) is 2. The molecule has 1 amide bonds. The lowest BCUT2D eigenvalue weighted by Crippen LogP contribution is -2.30. The lowest BCUT2D eigenvalue weighted by Gasteiger charge is -2.21. The zero-order valence-corrected chi connectivity index (χ0v) is 18.0. The van der Waals surface area contributed by atoms with Gasteiger partial charge in [-0.1, -0.05) is 64.5 Å². The molecule has 0 fully saturated rings. The van der Waals surface area contributed by atoms with Crippen LogP contribution in [0.4, 0.5) is 0 Å². The van der Waals surface area contributed by atoms with Crippen LogP contribution in [0, 0.1) is 13.8 Å². The van der Waals surface area contributed by atoms with Gasteiger partial charge in [-0.2, -0.15) is 0 Å². The van der Waals surface area contributed by atoms with E-state index < -0.39 is 0 Å². The van der Waals surface area contributed by atoms with Crippen LogP contribution >= 0.6 is 15.9 Å². The number of rotatable bonds is 5. The van der Waals surface area contributed by atoms with Crippen LogP contribution < -0.4 is 5.32 Å². The lowest BCUT2D eigenvalue weighted by atomic mass is 9.97. The van der Waals surface area contributed by atoms with Crippen LogP contribution in [0.1, 0.15) is 34.1 Å². The molecule has 1 aromatic heterocycles. The van der Waals surface area contributed by atoms with E-state index in [4.69, 9.17) is 0 Å². The number of H-pyrrole nitrogens is 1. The molecule has 1 atom stereocenters. The number of aromatic nitrogens is 2. The molecule has 0 aliphatic rings. The first kappa shape index (κ1) is 19.4. The van der Waals surface area contributed by atoms with E-state index >= 15 is 0 Å². The Morgan fingerprint density at radius 3 is 2.62 bits per heavy atom. The molecule has 0 aliphatic carbocycles. The number of aromatic amines is 1. The second-order valence-corrected chi connectivity index (χ2v) is 8.14. The Balaban J connectivity index is 1.60. The number of imidazole rings is 1. The zero-order valence-electron chi connectivity index (χ0n) is 16.4. The standard InChI is InChI=1S/C24H22BrN3O/c1-15-8-10-19(20(25)12-15)24(18-6-4-3-5-7-18)28-23(29)14-17-9-11-21-22(13-17)27-16(2)26-21/h3-13,24H,14H2,1-2H3,(H,26,27)(H,28,29). The number of carbonyl (C=O) groups is 1. The van der Waals surface area contributed by atoms with Gasteiger partial charge >= 0.3 is 0 Å². The molecule has 29 heavy (non-hydrogen) atoms. The maximum atomic E-state index is 12.9. The smallest absolute Gasteiger partial charge is 0.225 e. The third kappa shape index (κ3) is 4.40. The summed E-state index contributed by atoms with van der Waals surface area (Å²) < 4.78 is 0.987. The predicted molar refractivity (Wildman–Crippen MR) is 120 cm³/mol. The third-order valence-corrected chi connectivity index (χ3v) is 5.62. The number of aryl methyl sites for hydroxylation is 2. The Labute approximate surface area is 178 Å². The monoisotopic (exact) mass is 447 g/mol. The van der Waals surface area contributed by atoms with Crippen LogP contribution in [0.2, 0.25) is 0 Å². The molecule has 0 saturated carbocycles. The second kappa shape index (κ2) is 8.21. The van der Waals surface area contributed by atoms with E-state index in [9.17, 15) is 4.79 Å². The minimum Gasteiger partial charge on any atom is -0.345 e. The Morgan fingerprint density at radius 1 is 1.07 bits per heavy atom.